The minimum atomic E-state index is 0.377. The van der Waals surface area contributed by atoms with E-state index in [-0.39, 0.29) is 0 Å². The number of rotatable bonds is 3. The van der Waals surface area contributed by atoms with Gasteiger partial charge in [0.15, 0.2) is 0 Å². The highest BCUT2D eigenvalue weighted by Gasteiger charge is 2.21. The predicted molar refractivity (Wildman–Crippen MR) is 95.5 cm³/mol. The summed E-state index contributed by atoms with van der Waals surface area (Å²) in [6, 6.07) is 18.5. The standard InChI is InChI=1S/C21H21NO2/c1-24-18-8-6-16-7-9-21(23)20(19(16)12-18)14-22-11-10-15-4-2-3-5-17(15)13-22/h2-9,12,23H,10-11,13-14H2,1H3/p+1. The van der Waals surface area contributed by atoms with E-state index in [0.717, 1.165) is 48.1 Å². The molecule has 0 aliphatic carbocycles. The lowest BCUT2D eigenvalue weighted by Gasteiger charge is -2.26. The first kappa shape index (κ1) is 15.0. The molecular weight excluding hydrogens is 298 g/mol. The van der Waals surface area contributed by atoms with Gasteiger partial charge >= 0.3 is 0 Å². The molecule has 1 heterocycles. The highest BCUT2D eigenvalue weighted by Crippen LogP contribution is 2.29. The van der Waals surface area contributed by atoms with E-state index in [9.17, 15) is 5.11 Å². The zero-order valence-electron chi connectivity index (χ0n) is 13.9. The van der Waals surface area contributed by atoms with Gasteiger partial charge in [0.1, 0.15) is 24.6 Å². The third kappa shape index (κ3) is 2.72. The third-order valence-electron chi connectivity index (χ3n) is 5.05. The lowest BCUT2D eigenvalue weighted by molar-refractivity contribution is -0.929. The molecule has 3 nitrogen and oxygen atoms in total. The van der Waals surface area contributed by atoms with E-state index >= 15 is 0 Å². The molecule has 1 unspecified atom stereocenters. The van der Waals surface area contributed by atoms with Gasteiger partial charge in [-0.3, -0.25) is 0 Å². The van der Waals surface area contributed by atoms with Gasteiger partial charge in [0.05, 0.1) is 19.2 Å². The van der Waals surface area contributed by atoms with Crippen molar-refractivity contribution < 1.29 is 14.7 Å². The number of phenolic OH excluding ortho intramolecular Hbond substituents is 1. The molecule has 0 fully saturated rings. The van der Waals surface area contributed by atoms with E-state index in [1.807, 2.05) is 24.3 Å². The van der Waals surface area contributed by atoms with Crippen molar-refractivity contribution in [2.45, 2.75) is 19.5 Å². The summed E-state index contributed by atoms with van der Waals surface area (Å²) >= 11 is 0. The van der Waals surface area contributed by atoms with Gasteiger partial charge in [0.25, 0.3) is 0 Å². The predicted octanol–water partition coefficient (Wildman–Crippen LogP) is 2.70. The fraction of sp³-hybridized carbons (Fsp3) is 0.238. The van der Waals surface area contributed by atoms with Crippen LogP contribution in [0.1, 0.15) is 16.7 Å². The van der Waals surface area contributed by atoms with E-state index in [1.54, 1.807) is 7.11 Å². The zero-order chi connectivity index (χ0) is 16.5. The lowest BCUT2D eigenvalue weighted by atomic mass is 9.98. The molecule has 0 aromatic heterocycles. The van der Waals surface area contributed by atoms with E-state index in [0.29, 0.717) is 5.75 Å². The number of hydrogen-bond acceptors (Lipinski definition) is 2. The summed E-state index contributed by atoms with van der Waals surface area (Å²) in [5, 5.41) is 12.7. The van der Waals surface area contributed by atoms with Gasteiger partial charge in [-0.25, -0.2) is 0 Å². The molecule has 1 aliphatic rings. The number of hydrogen-bond donors (Lipinski definition) is 2. The average Bonchev–Trinajstić information content (AvgIpc) is 2.63. The number of benzene rings is 3. The molecule has 3 aromatic rings. The van der Waals surface area contributed by atoms with Crippen molar-refractivity contribution in [3.8, 4) is 11.5 Å². The highest BCUT2D eigenvalue weighted by atomic mass is 16.5. The first-order valence-corrected chi connectivity index (χ1v) is 8.43. The fourth-order valence-corrected chi connectivity index (χ4v) is 3.71. The number of fused-ring (bicyclic) bond motifs is 2. The third-order valence-corrected chi connectivity index (χ3v) is 5.05. The van der Waals surface area contributed by atoms with Crippen molar-refractivity contribution in [3.63, 3.8) is 0 Å². The van der Waals surface area contributed by atoms with Gasteiger partial charge in [-0.15, -0.1) is 0 Å². The Balaban J connectivity index is 1.68. The van der Waals surface area contributed by atoms with Crippen LogP contribution in [0, 0.1) is 0 Å². The second kappa shape index (κ2) is 6.17. The normalized spacial score (nSPS) is 16.8. The molecule has 0 saturated heterocycles. The number of nitrogens with one attached hydrogen (secondary N) is 1. The SMILES string of the molecule is COc1ccc2ccc(O)c(C[NH+]3CCc4ccccc4C3)c2c1. The van der Waals surface area contributed by atoms with Gasteiger partial charge in [-0.2, -0.15) is 0 Å². The van der Waals surface area contributed by atoms with Gasteiger partial charge in [0, 0.05) is 12.0 Å². The first-order valence-electron chi connectivity index (χ1n) is 8.43. The Labute approximate surface area is 142 Å². The van der Waals surface area contributed by atoms with Crippen LogP contribution >= 0.6 is 0 Å². The van der Waals surface area contributed by atoms with Crippen LogP contribution in [0.5, 0.6) is 11.5 Å². The highest BCUT2D eigenvalue weighted by molar-refractivity contribution is 5.88. The van der Waals surface area contributed by atoms with Crippen LogP contribution in [0.25, 0.3) is 10.8 Å². The molecule has 0 spiro atoms. The molecule has 3 heteroatoms. The minimum absolute atomic E-state index is 0.377. The Morgan fingerprint density at radius 1 is 1.04 bits per heavy atom. The summed E-state index contributed by atoms with van der Waals surface area (Å²) in [4.78, 5) is 1.49. The average molecular weight is 320 g/mol. The summed E-state index contributed by atoms with van der Waals surface area (Å²) in [5.41, 5.74) is 3.90. The molecule has 1 aliphatic heterocycles. The van der Waals surface area contributed by atoms with E-state index in [2.05, 4.69) is 30.3 Å². The van der Waals surface area contributed by atoms with Gasteiger partial charge in [-0.1, -0.05) is 36.4 Å². The molecule has 4 rings (SSSR count). The minimum Gasteiger partial charge on any atom is -0.507 e. The summed E-state index contributed by atoms with van der Waals surface area (Å²) in [7, 11) is 1.68. The molecule has 0 bridgehead atoms. The van der Waals surface area contributed by atoms with Crippen LogP contribution in [0.2, 0.25) is 0 Å². The van der Waals surface area contributed by atoms with Crippen molar-refractivity contribution in [3.05, 3.63) is 71.3 Å². The summed E-state index contributed by atoms with van der Waals surface area (Å²) in [6.07, 6.45) is 1.10. The summed E-state index contributed by atoms with van der Waals surface area (Å²) in [6.45, 7) is 2.93. The number of phenols is 1. The second-order valence-electron chi connectivity index (χ2n) is 6.52. The van der Waals surface area contributed by atoms with Crippen LogP contribution in [-0.2, 0) is 19.5 Å². The Bertz CT molecular complexity index is 888. The molecule has 1 atom stereocenters. The second-order valence-corrected chi connectivity index (χ2v) is 6.52. The van der Waals surface area contributed by atoms with Crippen LogP contribution in [0.4, 0.5) is 0 Å². The number of methoxy groups -OCH3 is 1. The van der Waals surface area contributed by atoms with E-state index < -0.39 is 0 Å². The van der Waals surface area contributed by atoms with Crippen LogP contribution in [0.15, 0.2) is 54.6 Å². The maximum atomic E-state index is 10.4. The van der Waals surface area contributed by atoms with Crippen molar-refractivity contribution in [1.29, 1.82) is 0 Å². The molecule has 0 saturated carbocycles. The number of aromatic hydroxyl groups is 1. The van der Waals surface area contributed by atoms with Crippen molar-refractivity contribution >= 4 is 10.8 Å². The van der Waals surface area contributed by atoms with Crippen LogP contribution in [-0.4, -0.2) is 18.8 Å². The van der Waals surface area contributed by atoms with Gasteiger partial charge in [-0.05, 0) is 34.5 Å². The topological polar surface area (TPSA) is 33.9 Å². The van der Waals surface area contributed by atoms with Crippen LogP contribution < -0.4 is 9.64 Å². The lowest BCUT2D eigenvalue weighted by Crippen LogP contribution is -3.10. The van der Waals surface area contributed by atoms with Gasteiger partial charge < -0.3 is 14.7 Å². The zero-order valence-corrected chi connectivity index (χ0v) is 13.9. The quantitative estimate of drug-likeness (QED) is 0.778. The summed E-state index contributed by atoms with van der Waals surface area (Å²) < 4.78 is 5.37. The smallest absolute Gasteiger partial charge is 0.125 e. The Hall–Kier alpha value is -2.52. The largest absolute Gasteiger partial charge is 0.507 e. The van der Waals surface area contributed by atoms with E-state index in [4.69, 9.17) is 4.74 Å². The summed E-state index contributed by atoms with van der Waals surface area (Å²) in [5.74, 6) is 1.20. The molecule has 24 heavy (non-hydrogen) atoms. The van der Waals surface area contributed by atoms with Crippen molar-refractivity contribution in [2.24, 2.45) is 0 Å². The van der Waals surface area contributed by atoms with E-state index in [1.165, 1.54) is 16.0 Å². The van der Waals surface area contributed by atoms with Crippen LogP contribution in [0.3, 0.4) is 0 Å². The Morgan fingerprint density at radius 3 is 2.67 bits per heavy atom. The maximum Gasteiger partial charge on any atom is 0.125 e. The molecular formula is C21H22NO2+. The first-order chi connectivity index (χ1) is 11.7. The van der Waals surface area contributed by atoms with Crippen molar-refractivity contribution in [2.75, 3.05) is 13.7 Å². The number of quaternary nitrogens is 1. The Kier molecular flexibility index (Phi) is 3.87. The maximum absolute atomic E-state index is 10.4. The van der Waals surface area contributed by atoms with Crippen molar-refractivity contribution in [1.82, 2.24) is 0 Å². The number of ether oxygens (including phenoxy) is 1. The molecule has 0 radical (unpaired) electrons. The van der Waals surface area contributed by atoms with Gasteiger partial charge in [0.2, 0.25) is 0 Å². The Morgan fingerprint density at radius 2 is 1.83 bits per heavy atom. The molecule has 2 N–H and O–H groups in total. The monoisotopic (exact) mass is 320 g/mol. The molecule has 3 aromatic carbocycles. The fourth-order valence-electron chi connectivity index (χ4n) is 3.71. The molecule has 122 valence electrons. The molecule has 0 amide bonds.